The summed E-state index contributed by atoms with van der Waals surface area (Å²) in [5, 5.41) is 13.6. The fourth-order valence-corrected chi connectivity index (χ4v) is 1.58. The number of hydrogen-bond donors (Lipinski definition) is 2. The number of aromatic nitrogens is 1. The predicted octanol–water partition coefficient (Wildman–Crippen LogP) is 0.270. The van der Waals surface area contributed by atoms with E-state index in [1.807, 2.05) is 0 Å². The minimum absolute atomic E-state index is 0.208. The summed E-state index contributed by atoms with van der Waals surface area (Å²) in [7, 11) is 1.52. The number of nitrogens with zero attached hydrogens (tertiary/aromatic N) is 1. The lowest BCUT2D eigenvalue weighted by Crippen LogP contribution is -2.28. The van der Waals surface area contributed by atoms with E-state index in [2.05, 4.69) is 10.3 Å². The van der Waals surface area contributed by atoms with Gasteiger partial charge in [-0.25, -0.2) is 4.98 Å². The van der Waals surface area contributed by atoms with Gasteiger partial charge in [0.15, 0.2) is 0 Å². The summed E-state index contributed by atoms with van der Waals surface area (Å²) < 4.78 is 4.76. The van der Waals surface area contributed by atoms with Gasteiger partial charge in [0.1, 0.15) is 5.69 Å². The highest BCUT2D eigenvalue weighted by molar-refractivity contribution is 7.07. The van der Waals surface area contributed by atoms with Crippen molar-refractivity contribution in [3.8, 4) is 0 Å². The zero-order valence-corrected chi connectivity index (χ0v) is 9.29. The number of rotatable bonds is 6. The van der Waals surface area contributed by atoms with E-state index in [1.54, 1.807) is 10.9 Å². The van der Waals surface area contributed by atoms with E-state index in [0.717, 1.165) is 0 Å². The first kappa shape index (κ1) is 12.1. The van der Waals surface area contributed by atoms with Crippen LogP contribution in [0.25, 0.3) is 0 Å². The van der Waals surface area contributed by atoms with Crippen LogP contribution < -0.4 is 5.32 Å². The molecule has 1 aromatic heterocycles. The molecule has 1 rings (SSSR count). The van der Waals surface area contributed by atoms with Gasteiger partial charge in [0.2, 0.25) is 0 Å². The second-order valence-corrected chi connectivity index (χ2v) is 3.75. The van der Waals surface area contributed by atoms with E-state index >= 15 is 0 Å². The number of methoxy groups -OCH3 is 1. The molecule has 0 spiro atoms. The summed E-state index contributed by atoms with van der Waals surface area (Å²) in [5.74, 6) is -0.208. The molecule has 1 aromatic rings. The van der Waals surface area contributed by atoms with Crippen LogP contribution in [-0.4, -0.2) is 42.4 Å². The van der Waals surface area contributed by atoms with Crippen LogP contribution in [-0.2, 0) is 4.74 Å². The van der Waals surface area contributed by atoms with E-state index in [4.69, 9.17) is 4.74 Å². The Hall–Kier alpha value is -0.980. The van der Waals surface area contributed by atoms with Crippen molar-refractivity contribution in [2.45, 2.75) is 12.5 Å². The Bertz CT molecular complexity index is 290. The fourth-order valence-electron chi connectivity index (χ4n) is 1.04. The Morgan fingerprint density at radius 2 is 2.60 bits per heavy atom. The third-order valence-corrected chi connectivity index (χ3v) is 2.37. The minimum Gasteiger partial charge on any atom is -0.391 e. The lowest BCUT2D eigenvalue weighted by Gasteiger charge is -2.09. The molecule has 0 saturated heterocycles. The quantitative estimate of drug-likeness (QED) is 0.736. The number of aliphatic hydroxyl groups is 1. The van der Waals surface area contributed by atoms with Crippen molar-refractivity contribution >= 4 is 17.2 Å². The first-order valence-corrected chi connectivity index (χ1v) is 5.51. The second kappa shape index (κ2) is 6.49. The summed E-state index contributed by atoms with van der Waals surface area (Å²) in [6, 6.07) is 0. The smallest absolute Gasteiger partial charge is 0.270 e. The molecule has 0 aliphatic carbocycles. The Morgan fingerprint density at radius 3 is 3.20 bits per heavy atom. The molecule has 1 heterocycles. The van der Waals surface area contributed by atoms with E-state index in [9.17, 15) is 9.90 Å². The number of nitrogens with one attached hydrogen (secondary N) is 1. The van der Waals surface area contributed by atoms with Crippen LogP contribution in [0.1, 0.15) is 16.9 Å². The van der Waals surface area contributed by atoms with Crippen molar-refractivity contribution in [1.82, 2.24) is 10.3 Å². The molecule has 0 fully saturated rings. The van der Waals surface area contributed by atoms with Crippen molar-refractivity contribution < 1.29 is 14.6 Å². The zero-order valence-electron chi connectivity index (χ0n) is 8.47. The summed E-state index contributed by atoms with van der Waals surface area (Å²) >= 11 is 1.37. The standard InChI is InChI=1S/C9H14N2O3S/c1-14-4-7(12)2-3-10-9(13)8-5-15-6-11-8/h5-7,12H,2-4H2,1H3,(H,10,13). The highest BCUT2D eigenvalue weighted by Crippen LogP contribution is 2.00. The van der Waals surface area contributed by atoms with Crippen molar-refractivity contribution in [1.29, 1.82) is 0 Å². The van der Waals surface area contributed by atoms with Crippen LogP contribution in [0.15, 0.2) is 10.9 Å². The number of ether oxygens (including phenoxy) is 1. The highest BCUT2D eigenvalue weighted by atomic mass is 32.1. The first-order chi connectivity index (χ1) is 7.24. The molecular weight excluding hydrogens is 216 g/mol. The SMILES string of the molecule is COCC(O)CCNC(=O)c1cscn1. The summed E-state index contributed by atoms with van der Waals surface area (Å²) in [6.45, 7) is 0.702. The lowest BCUT2D eigenvalue weighted by molar-refractivity contribution is 0.0587. The Labute approximate surface area is 92.1 Å². The monoisotopic (exact) mass is 230 g/mol. The maximum absolute atomic E-state index is 11.4. The van der Waals surface area contributed by atoms with E-state index in [-0.39, 0.29) is 12.5 Å². The van der Waals surface area contributed by atoms with Gasteiger partial charge in [-0.3, -0.25) is 4.79 Å². The van der Waals surface area contributed by atoms with Crippen molar-refractivity contribution in [2.75, 3.05) is 20.3 Å². The molecule has 5 nitrogen and oxygen atoms in total. The molecule has 0 bridgehead atoms. The fraction of sp³-hybridized carbons (Fsp3) is 0.556. The van der Waals surface area contributed by atoms with Crippen LogP contribution in [0.5, 0.6) is 0 Å². The maximum atomic E-state index is 11.4. The molecule has 6 heteroatoms. The van der Waals surface area contributed by atoms with Crippen LogP contribution in [0.3, 0.4) is 0 Å². The minimum atomic E-state index is -0.536. The van der Waals surface area contributed by atoms with Crippen molar-refractivity contribution in [3.63, 3.8) is 0 Å². The number of carbonyl (C=O) groups is 1. The van der Waals surface area contributed by atoms with Crippen molar-refractivity contribution in [2.24, 2.45) is 0 Å². The third kappa shape index (κ3) is 4.37. The molecule has 0 saturated carbocycles. The van der Waals surface area contributed by atoms with Gasteiger partial charge in [-0.15, -0.1) is 11.3 Å². The van der Waals surface area contributed by atoms with Crippen molar-refractivity contribution in [3.05, 3.63) is 16.6 Å². The van der Waals surface area contributed by atoms with E-state index in [1.165, 1.54) is 18.4 Å². The maximum Gasteiger partial charge on any atom is 0.270 e. The molecule has 84 valence electrons. The number of aliphatic hydroxyl groups excluding tert-OH is 1. The molecule has 0 radical (unpaired) electrons. The normalized spacial score (nSPS) is 12.4. The zero-order chi connectivity index (χ0) is 11.1. The Morgan fingerprint density at radius 1 is 1.80 bits per heavy atom. The summed E-state index contributed by atoms with van der Waals surface area (Å²) in [6.07, 6.45) is -0.0604. The van der Waals surface area contributed by atoms with Gasteiger partial charge in [0, 0.05) is 19.0 Å². The second-order valence-electron chi connectivity index (χ2n) is 3.03. The van der Waals surface area contributed by atoms with Gasteiger partial charge in [-0.05, 0) is 6.42 Å². The topological polar surface area (TPSA) is 71.5 Å². The average Bonchev–Trinajstić information content (AvgIpc) is 2.70. The van der Waals surface area contributed by atoms with Gasteiger partial charge >= 0.3 is 0 Å². The van der Waals surface area contributed by atoms with Gasteiger partial charge in [-0.1, -0.05) is 0 Å². The Balaban J connectivity index is 2.18. The predicted molar refractivity (Wildman–Crippen MR) is 56.9 cm³/mol. The first-order valence-electron chi connectivity index (χ1n) is 4.57. The number of thiazole rings is 1. The molecule has 1 unspecified atom stereocenters. The Kier molecular flexibility index (Phi) is 5.23. The number of carbonyl (C=O) groups excluding carboxylic acids is 1. The largest absolute Gasteiger partial charge is 0.391 e. The molecule has 15 heavy (non-hydrogen) atoms. The molecule has 0 aromatic carbocycles. The molecule has 1 amide bonds. The van der Waals surface area contributed by atoms with Crippen LogP contribution in [0, 0.1) is 0 Å². The summed E-state index contributed by atoms with van der Waals surface area (Å²) in [4.78, 5) is 15.2. The lowest BCUT2D eigenvalue weighted by atomic mass is 10.2. The molecular formula is C9H14N2O3S. The van der Waals surface area contributed by atoms with Gasteiger partial charge in [0.05, 0.1) is 18.2 Å². The molecule has 0 aliphatic rings. The third-order valence-electron chi connectivity index (χ3n) is 1.79. The number of hydrogen-bond acceptors (Lipinski definition) is 5. The summed E-state index contributed by atoms with van der Waals surface area (Å²) in [5.41, 5.74) is 2.02. The average molecular weight is 230 g/mol. The highest BCUT2D eigenvalue weighted by Gasteiger charge is 2.08. The molecule has 2 N–H and O–H groups in total. The molecule has 1 atom stereocenters. The van der Waals surface area contributed by atoms with Crippen LogP contribution in [0.2, 0.25) is 0 Å². The van der Waals surface area contributed by atoms with Gasteiger partial charge in [0.25, 0.3) is 5.91 Å². The van der Waals surface area contributed by atoms with Gasteiger partial charge < -0.3 is 15.2 Å². The molecule has 0 aliphatic heterocycles. The number of amides is 1. The van der Waals surface area contributed by atoms with Crippen LogP contribution >= 0.6 is 11.3 Å². The van der Waals surface area contributed by atoms with Gasteiger partial charge in [-0.2, -0.15) is 0 Å². The van der Waals surface area contributed by atoms with E-state index < -0.39 is 6.10 Å². The van der Waals surface area contributed by atoms with E-state index in [0.29, 0.717) is 18.7 Å². The van der Waals surface area contributed by atoms with Crippen LogP contribution in [0.4, 0.5) is 0 Å².